The van der Waals surface area contributed by atoms with Gasteiger partial charge in [-0.25, -0.2) is 0 Å². The average molecular weight is 236 g/mol. The summed E-state index contributed by atoms with van der Waals surface area (Å²) >= 11 is 0. The van der Waals surface area contributed by atoms with E-state index in [1.54, 1.807) is 11.9 Å². The van der Waals surface area contributed by atoms with Crippen LogP contribution in [0.5, 0.6) is 0 Å². The molecule has 1 rings (SSSR count). The van der Waals surface area contributed by atoms with Crippen LogP contribution in [0.3, 0.4) is 0 Å². The van der Waals surface area contributed by atoms with Gasteiger partial charge in [-0.2, -0.15) is 13.2 Å². The van der Waals surface area contributed by atoms with Gasteiger partial charge in [-0.1, -0.05) is 6.58 Å². The van der Waals surface area contributed by atoms with Crippen LogP contribution in [0.2, 0.25) is 0 Å². The van der Waals surface area contributed by atoms with E-state index in [4.69, 9.17) is 0 Å². The topological polar surface area (TPSA) is 23.6 Å². The predicted octanol–water partition coefficient (Wildman–Crippen LogP) is 1.27. The second-order valence-electron chi connectivity index (χ2n) is 3.94. The molecule has 1 atom stereocenters. The van der Waals surface area contributed by atoms with Crippen LogP contribution in [0.15, 0.2) is 12.7 Å². The van der Waals surface area contributed by atoms with Gasteiger partial charge in [0.2, 0.25) is 5.91 Å². The first-order chi connectivity index (χ1) is 7.33. The molecule has 3 nitrogen and oxygen atoms in total. The average Bonchev–Trinajstić information content (AvgIpc) is 2.18. The molecule has 1 aliphatic rings. The van der Waals surface area contributed by atoms with Crippen molar-refractivity contribution in [3.8, 4) is 0 Å². The lowest BCUT2D eigenvalue weighted by Gasteiger charge is -2.39. The minimum atomic E-state index is -4.20. The highest BCUT2D eigenvalue weighted by Crippen LogP contribution is 2.25. The SMILES string of the molecule is C=CC(=O)N1CCN(C)C(CC(F)(F)F)C1. The van der Waals surface area contributed by atoms with E-state index in [1.165, 1.54) is 4.90 Å². The van der Waals surface area contributed by atoms with Crippen LogP contribution in [0.4, 0.5) is 13.2 Å². The number of hydrogen-bond donors (Lipinski definition) is 0. The number of likely N-dealkylation sites (N-methyl/N-ethyl adjacent to an activating group) is 1. The summed E-state index contributed by atoms with van der Waals surface area (Å²) in [5.74, 6) is -0.305. The molecule has 1 heterocycles. The van der Waals surface area contributed by atoms with Crippen molar-refractivity contribution in [1.29, 1.82) is 0 Å². The van der Waals surface area contributed by atoms with E-state index in [0.29, 0.717) is 13.1 Å². The number of nitrogens with zero attached hydrogens (tertiary/aromatic N) is 2. The number of halogens is 3. The van der Waals surface area contributed by atoms with Gasteiger partial charge in [-0.05, 0) is 13.1 Å². The molecule has 0 aromatic rings. The summed E-state index contributed by atoms with van der Waals surface area (Å²) in [6.07, 6.45) is -3.94. The lowest BCUT2D eigenvalue weighted by Crippen LogP contribution is -2.54. The van der Waals surface area contributed by atoms with Crippen molar-refractivity contribution in [3.63, 3.8) is 0 Å². The minimum absolute atomic E-state index is 0.112. The van der Waals surface area contributed by atoms with Crippen molar-refractivity contribution >= 4 is 5.91 Å². The second kappa shape index (κ2) is 4.86. The van der Waals surface area contributed by atoms with Gasteiger partial charge in [0.1, 0.15) is 0 Å². The van der Waals surface area contributed by atoms with Crippen molar-refractivity contribution in [1.82, 2.24) is 9.80 Å². The Morgan fingerprint density at radius 2 is 2.12 bits per heavy atom. The molecule has 1 saturated heterocycles. The first kappa shape index (κ1) is 13.0. The van der Waals surface area contributed by atoms with E-state index >= 15 is 0 Å². The third kappa shape index (κ3) is 3.52. The van der Waals surface area contributed by atoms with Crippen LogP contribution in [-0.4, -0.2) is 54.6 Å². The normalized spacial score (nSPS) is 23.2. The zero-order valence-electron chi connectivity index (χ0n) is 9.13. The zero-order chi connectivity index (χ0) is 12.3. The van der Waals surface area contributed by atoms with E-state index in [2.05, 4.69) is 6.58 Å². The van der Waals surface area contributed by atoms with Crippen LogP contribution >= 0.6 is 0 Å². The third-order valence-corrected chi connectivity index (χ3v) is 2.73. The maximum atomic E-state index is 12.3. The fourth-order valence-corrected chi connectivity index (χ4v) is 1.76. The minimum Gasteiger partial charge on any atom is -0.336 e. The lowest BCUT2D eigenvalue weighted by molar-refractivity contribution is -0.154. The molecule has 1 aliphatic heterocycles. The van der Waals surface area contributed by atoms with Crippen LogP contribution in [-0.2, 0) is 4.79 Å². The van der Waals surface area contributed by atoms with Crippen molar-refractivity contribution in [2.45, 2.75) is 18.6 Å². The van der Waals surface area contributed by atoms with E-state index in [0.717, 1.165) is 6.08 Å². The van der Waals surface area contributed by atoms with E-state index in [1.807, 2.05) is 0 Å². The Hall–Kier alpha value is -1.04. The second-order valence-corrected chi connectivity index (χ2v) is 3.94. The van der Waals surface area contributed by atoms with Gasteiger partial charge >= 0.3 is 6.18 Å². The van der Waals surface area contributed by atoms with E-state index in [9.17, 15) is 18.0 Å². The van der Waals surface area contributed by atoms with Gasteiger partial charge in [0.25, 0.3) is 0 Å². The Kier molecular flexibility index (Phi) is 3.96. The Morgan fingerprint density at radius 1 is 1.50 bits per heavy atom. The first-order valence-electron chi connectivity index (χ1n) is 5.02. The highest BCUT2D eigenvalue weighted by Gasteiger charge is 2.36. The molecule has 1 amide bonds. The molecule has 0 aromatic carbocycles. The smallest absolute Gasteiger partial charge is 0.336 e. The largest absolute Gasteiger partial charge is 0.390 e. The summed E-state index contributed by atoms with van der Waals surface area (Å²) in [6, 6.07) is -0.655. The Balaban J connectivity index is 2.62. The van der Waals surface area contributed by atoms with Gasteiger partial charge in [0.05, 0.1) is 6.42 Å². The number of carbonyl (C=O) groups excluding carboxylic acids is 1. The molecule has 0 aliphatic carbocycles. The highest BCUT2D eigenvalue weighted by molar-refractivity contribution is 5.87. The molecule has 92 valence electrons. The maximum Gasteiger partial charge on any atom is 0.390 e. The number of carbonyl (C=O) groups is 1. The summed E-state index contributed by atoms with van der Waals surface area (Å²) in [7, 11) is 1.64. The molecule has 1 unspecified atom stereocenters. The van der Waals surface area contributed by atoms with Gasteiger partial charge in [-0.15, -0.1) is 0 Å². The molecule has 0 N–H and O–H groups in total. The van der Waals surface area contributed by atoms with E-state index in [-0.39, 0.29) is 12.5 Å². The summed E-state index contributed by atoms with van der Waals surface area (Å²) in [4.78, 5) is 14.3. The molecule has 6 heteroatoms. The van der Waals surface area contributed by atoms with Gasteiger partial charge in [0.15, 0.2) is 0 Å². The van der Waals surface area contributed by atoms with Crippen molar-refractivity contribution < 1.29 is 18.0 Å². The summed E-state index contributed by atoms with van der Waals surface area (Å²) < 4.78 is 36.8. The van der Waals surface area contributed by atoms with Crippen LogP contribution in [0.1, 0.15) is 6.42 Å². The lowest BCUT2D eigenvalue weighted by atomic mass is 10.1. The number of alkyl halides is 3. The van der Waals surface area contributed by atoms with Crippen LogP contribution in [0.25, 0.3) is 0 Å². The van der Waals surface area contributed by atoms with Crippen molar-refractivity contribution in [2.24, 2.45) is 0 Å². The summed E-state index contributed by atoms with van der Waals surface area (Å²) in [6.45, 7) is 4.35. The number of amides is 1. The molecular formula is C10H15F3N2O. The maximum absolute atomic E-state index is 12.3. The van der Waals surface area contributed by atoms with E-state index < -0.39 is 18.6 Å². The van der Waals surface area contributed by atoms with Gasteiger partial charge < -0.3 is 4.90 Å². The predicted molar refractivity (Wildman–Crippen MR) is 53.9 cm³/mol. The fourth-order valence-electron chi connectivity index (χ4n) is 1.76. The summed E-state index contributed by atoms with van der Waals surface area (Å²) in [5.41, 5.74) is 0. The standard InChI is InChI=1S/C10H15F3N2O/c1-3-9(16)15-5-4-14(2)8(7-15)6-10(11,12)13/h3,8H,1,4-7H2,2H3. The summed E-state index contributed by atoms with van der Waals surface area (Å²) in [5, 5.41) is 0. The third-order valence-electron chi connectivity index (χ3n) is 2.73. The molecule has 0 radical (unpaired) electrons. The Labute approximate surface area is 92.5 Å². The molecule has 0 bridgehead atoms. The molecule has 0 aromatic heterocycles. The van der Waals surface area contributed by atoms with Crippen molar-refractivity contribution in [3.05, 3.63) is 12.7 Å². The Morgan fingerprint density at radius 3 is 2.62 bits per heavy atom. The Bertz CT molecular complexity index is 278. The number of hydrogen-bond acceptors (Lipinski definition) is 2. The number of piperazine rings is 1. The fraction of sp³-hybridized carbons (Fsp3) is 0.700. The zero-order valence-corrected chi connectivity index (χ0v) is 9.13. The highest BCUT2D eigenvalue weighted by atomic mass is 19.4. The van der Waals surface area contributed by atoms with Crippen LogP contribution < -0.4 is 0 Å². The molecule has 0 saturated carbocycles. The quantitative estimate of drug-likeness (QED) is 0.674. The molecule has 16 heavy (non-hydrogen) atoms. The molecular weight excluding hydrogens is 221 g/mol. The number of rotatable bonds is 2. The van der Waals surface area contributed by atoms with Gasteiger partial charge in [-0.3, -0.25) is 9.69 Å². The molecule has 1 fully saturated rings. The first-order valence-corrected chi connectivity index (χ1v) is 5.02. The van der Waals surface area contributed by atoms with Crippen LogP contribution in [0, 0.1) is 0 Å². The van der Waals surface area contributed by atoms with Crippen molar-refractivity contribution in [2.75, 3.05) is 26.7 Å². The monoisotopic (exact) mass is 236 g/mol. The van der Waals surface area contributed by atoms with Gasteiger partial charge in [0, 0.05) is 25.7 Å². The molecule has 0 spiro atoms.